The number of ether oxygens (including phenoxy) is 1. The summed E-state index contributed by atoms with van der Waals surface area (Å²) in [5, 5.41) is 10.2. The Morgan fingerprint density at radius 1 is 1.36 bits per heavy atom. The molecule has 1 amide bonds. The summed E-state index contributed by atoms with van der Waals surface area (Å²) in [6, 6.07) is 5.28. The SMILES string of the molecule is CCOC(=O)C(CS)NC(=O)c1ccc(CO[N+](=O)O)cc1. The predicted molar refractivity (Wildman–Crippen MR) is 78.4 cm³/mol. The standard InChI is InChI=1S/C13H16N2O6S/c1-2-20-13(17)11(8-22)14-12(16)10-5-3-9(4-6-10)7-21-15(18)19/h3-6,11H,2,7-8H2,1H3,(H2-,14,16,18,19,22)/p+1. The Bertz CT molecular complexity index is 534. The highest BCUT2D eigenvalue weighted by Gasteiger charge is 2.21. The van der Waals surface area contributed by atoms with E-state index in [2.05, 4.69) is 22.8 Å². The lowest BCUT2D eigenvalue weighted by Crippen LogP contribution is -2.43. The van der Waals surface area contributed by atoms with Crippen molar-refractivity contribution in [3.8, 4) is 0 Å². The van der Waals surface area contributed by atoms with E-state index in [9.17, 15) is 14.5 Å². The molecule has 0 saturated heterocycles. The van der Waals surface area contributed by atoms with Crippen LogP contribution in [0.5, 0.6) is 0 Å². The van der Waals surface area contributed by atoms with Gasteiger partial charge >= 0.3 is 11.1 Å². The number of carbonyl (C=O) groups excluding carboxylic acids is 2. The topological polar surface area (TPSA) is 105 Å². The molecule has 0 radical (unpaired) electrons. The van der Waals surface area contributed by atoms with Gasteiger partial charge in [-0.1, -0.05) is 12.1 Å². The van der Waals surface area contributed by atoms with Crippen LogP contribution in [0.25, 0.3) is 0 Å². The maximum atomic E-state index is 12.0. The fourth-order valence-corrected chi connectivity index (χ4v) is 1.79. The van der Waals surface area contributed by atoms with Gasteiger partial charge in [-0.25, -0.2) is 10.0 Å². The maximum Gasteiger partial charge on any atom is 0.475 e. The summed E-state index contributed by atoms with van der Waals surface area (Å²) in [7, 11) is 0. The van der Waals surface area contributed by atoms with Gasteiger partial charge in [0.2, 0.25) is 0 Å². The van der Waals surface area contributed by atoms with Gasteiger partial charge in [0.25, 0.3) is 5.91 Å². The highest BCUT2D eigenvalue weighted by atomic mass is 32.1. The van der Waals surface area contributed by atoms with Gasteiger partial charge in [-0.2, -0.15) is 17.5 Å². The van der Waals surface area contributed by atoms with Gasteiger partial charge in [0.1, 0.15) is 10.9 Å². The Labute approximate surface area is 132 Å². The lowest BCUT2D eigenvalue weighted by Gasteiger charge is -2.15. The number of nitrogens with zero attached hydrogens (tertiary/aromatic N) is 1. The molecule has 1 rings (SSSR count). The van der Waals surface area contributed by atoms with Gasteiger partial charge in [-0.05, 0) is 24.6 Å². The van der Waals surface area contributed by atoms with E-state index in [1.165, 1.54) is 12.1 Å². The van der Waals surface area contributed by atoms with Crippen molar-refractivity contribution in [1.82, 2.24) is 5.32 Å². The number of carbonyl (C=O) groups is 2. The second-order valence-electron chi connectivity index (χ2n) is 4.17. The molecule has 22 heavy (non-hydrogen) atoms. The minimum Gasteiger partial charge on any atom is -0.464 e. The first-order valence-corrected chi connectivity index (χ1v) is 7.07. The molecular formula is C13H17N2O6S+. The first-order valence-electron chi connectivity index (χ1n) is 6.44. The molecule has 2 N–H and O–H groups in total. The Kier molecular flexibility index (Phi) is 7.17. The van der Waals surface area contributed by atoms with Crippen LogP contribution in [0.1, 0.15) is 22.8 Å². The van der Waals surface area contributed by atoms with Crippen LogP contribution in [-0.4, -0.2) is 40.6 Å². The van der Waals surface area contributed by atoms with Crippen molar-refractivity contribution in [3.63, 3.8) is 0 Å². The number of amides is 1. The maximum absolute atomic E-state index is 12.0. The zero-order valence-electron chi connectivity index (χ0n) is 11.9. The summed E-state index contributed by atoms with van der Waals surface area (Å²) in [5.41, 5.74) is 0.908. The molecule has 0 spiro atoms. The number of nitrogens with one attached hydrogen (secondary N) is 1. The summed E-state index contributed by atoms with van der Waals surface area (Å²) < 4.78 is 4.83. The van der Waals surface area contributed by atoms with Crippen molar-refractivity contribution < 1.29 is 29.5 Å². The fourth-order valence-electron chi connectivity index (χ4n) is 1.55. The number of thiol groups is 1. The van der Waals surface area contributed by atoms with E-state index in [-0.39, 0.29) is 19.0 Å². The molecule has 0 heterocycles. The van der Waals surface area contributed by atoms with Crippen molar-refractivity contribution in [3.05, 3.63) is 40.3 Å². The van der Waals surface area contributed by atoms with Crippen LogP contribution < -0.4 is 5.32 Å². The number of hydrogen-bond donors (Lipinski definition) is 3. The Morgan fingerprint density at radius 2 is 2.00 bits per heavy atom. The van der Waals surface area contributed by atoms with Crippen LogP contribution in [0.3, 0.4) is 0 Å². The molecule has 0 bridgehead atoms. The molecule has 0 aromatic heterocycles. The summed E-state index contributed by atoms with van der Waals surface area (Å²) in [4.78, 5) is 38.1. The number of hydrogen-bond acceptors (Lipinski definition) is 6. The fraction of sp³-hybridized carbons (Fsp3) is 0.385. The largest absolute Gasteiger partial charge is 0.475 e. The molecule has 1 unspecified atom stereocenters. The first-order chi connectivity index (χ1) is 10.5. The molecule has 9 heteroatoms. The van der Waals surface area contributed by atoms with Crippen molar-refractivity contribution in [2.75, 3.05) is 12.4 Å². The smallest absolute Gasteiger partial charge is 0.464 e. The van der Waals surface area contributed by atoms with Gasteiger partial charge in [0.15, 0.2) is 6.61 Å². The molecule has 0 aliphatic carbocycles. The average molecular weight is 329 g/mol. The highest BCUT2D eigenvalue weighted by Crippen LogP contribution is 2.07. The van der Waals surface area contributed by atoms with Crippen LogP contribution >= 0.6 is 12.6 Å². The Morgan fingerprint density at radius 3 is 2.50 bits per heavy atom. The Balaban J connectivity index is 2.64. The zero-order chi connectivity index (χ0) is 16.5. The molecule has 120 valence electrons. The van der Waals surface area contributed by atoms with Crippen LogP contribution in [-0.2, 0) is 21.0 Å². The summed E-state index contributed by atoms with van der Waals surface area (Å²) in [5.74, 6) is -0.881. The van der Waals surface area contributed by atoms with E-state index in [4.69, 9.17) is 9.94 Å². The van der Waals surface area contributed by atoms with Gasteiger partial charge in [-0.15, -0.1) is 0 Å². The normalized spacial score (nSPS) is 11.4. The summed E-state index contributed by atoms with van der Waals surface area (Å²) in [6.07, 6.45) is 0. The molecule has 0 fully saturated rings. The third kappa shape index (κ3) is 5.60. The van der Waals surface area contributed by atoms with Gasteiger partial charge in [0, 0.05) is 11.3 Å². The quantitative estimate of drug-likeness (QED) is 0.371. The van der Waals surface area contributed by atoms with Crippen LogP contribution in [0.4, 0.5) is 0 Å². The van der Waals surface area contributed by atoms with Crippen molar-refractivity contribution in [2.45, 2.75) is 19.6 Å². The molecule has 0 aliphatic rings. The molecular weight excluding hydrogens is 312 g/mol. The molecule has 1 aromatic rings. The van der Waals surface area contributed by atoms with Crippen LogP contribution in [0, 0.1) is 4.91 Å². The van der Waals surface area contributed by atoms with Crippen molar-refractivity contribution in [2.24, 2.45) is 0 Å². The Hall–Kier alpha value is -2.29. The van der Waals surface area contributed by atoms with Gasteiger partial charge < -0.3 is 10.1 Å². The lowest BCUT2D eigenvalue weighted by atomic mass is 10.1. The monoisotopic (exact) mass is 329 g/mol. The zero-order valence-corrected chi connectivity index (χ0v) is 12.8. The number of benzene rings is 1. The molecule has 1 atom stereocenters. The van der Waals surface area contributed by atoms with Crippen LogP contribution in [0.15, 0.2) is 24.3 Å². The highest BCUT2D eigenvalue weighted by molar-refractivity contribution is 7.80. The van der Waals surface area contributed by atoms with E-state index in [1.54, 1.807) is 19.1 Å². The van der Waals surface area contributed by atoms with E-state index in [0.717, 1.165) is 0 Å². The second-order valence-corrected chi connectivity index (χ2v) is 4.53. The first kappa shape index (κ1) is 17.8. The third-order valence-electron chi connectivity index (χ3n) is 2.62. The van der Waals surface area contributed by atoms with E-state index < -0.39 is 23.0 Å². The molecule has 1 aromatic carbocycles. The minimum atomic E-state index is -0.831. The molecule has 0 aliphatic heterocycles. The number of rotatable bonds is 8. The predicted octanol–water partition coefficient (Wildman–Crippen LogP) is 0.878. The average Bonchev–Trinajstić information content (AvgIpc) is 2.51. The van der Waals surface area contributed by atoms with Crippen molar-refractivity contribution in [1.29, 1.82) is 0 Å². The van der Waals surface area contributed by atoms with Gasteiger partial charge in [-0.3, -0.25) is 4.79 Å². The second kappa shape index (κ2) is 8.88. The molecule has 8 nitrogen and oxygen atoms in total. The van der Waals surface area contributed by atoms with E-state index >= 15 is 0 Å². The van der Waals surface area contributed by atoms with Gasteiger partial charge in [0.05, 0.1) is 6.61 Å². The molecule has 0 saturated carbocycles. The van der Waals surface area contributed by atoms with E-state index in [0.29, 0.717) is 11.1 Å². The van der Waals surface area contributed by atoms with Crippen LogP contribution in [0.2, 0.25) is 0 Å². The summed E-state index contributed by atoms with van der Waals surface area (Å²) >= 11 is 4.01. The van der Waals surface area contributed by atoms with Crippen molar-refractivity contribution >= 4 is 24.5 Å². The third-order valence-corrected chi connectivity index (χ3v) is 2.98. The minimum absolute atomic E-state index is 0.117. The summed E-state index contributed by atoms with van der Waals surface area (Å²) in [6.45, 7) is 1.75. The lowest BCUT2D eigenvalue weighted by molar-refractivity contribution is -0.979. The van der Waals surface area contributed by atoms with E-state index in [1.807, 2.05) is 0 Å². The number of esters is 1.